The Kier molecular flexibility index (Phi) is 7.54. The van der Waals surface area contributed by atoms with Crippen molar-refractivity contribution in [2.24, 2.45) is 11.7 Å². The van der Waals surface area contributed by atoms with Crippen LogP contribution < -0.4 is 15.2 Å². The SMILES string of the molecule is CCCOc1ccc(OCCN2CCCC(CCN)C2)cc1. The van der Waals surface area contributed by atoms with Crippen molar-refractivity contribution in [1.82, 2.24) is 4.90 Å². The van der Waals surface area contributed by atoms with Crippen LogP contribution in [0.1, 0.15) is 32.6 Å². The van der Waals surface area contributed by atoms with Crippen LogP contribution in [0.4, 0.5) is 0 Å². The average Bonchev–Trinajstić information content (AvgIpc) is 2.55. The quantitative estimate of drug-likeness (QED) is 0.762. The summed E-state index contributed by atoms with van der Waals surface area (Å²) in [5, 5.41) is 0. The van der Waals surface area contributed by atoms with Gasteiger partial charge in [-0.2, -0.15) is 0 Å². The van der Waals surface area contributed by atoms with Gasteiger partial charge in [0.25, 0.3) is 0 Å². The van der Waals surface area contributed by atoms with E-state index in [1.165, 1.54) is 25.9 Å². The second-order valence-electron chi connectivity index (χ2n) is 6.05. The minimum absolute atomic E-state index is 0.741. The number of ether oxygens (including phenoxy) is 2. The highest BCUT2D eigenvalue weighted by Crippen LogP contribution is 2.20. The summed E-state index contributed by atoms with van der Waals surface area (Å²) in [6.45, 7) is 7.77. The fourth-order valence-corrected chi connectivity index (χ4v) is 2.97. The first-order valence-electron chi connectivity index (χ1n) is 8.60. The highest BCUT2D eigenvalue weighted by atomic mass is 16.5. The molecule has 0 amide bonds. The maximum Gasteiger partial charge on any atom is 0.119 e. The van der Waals surface area contributed by atoms with Crippen LogP contribution in [-0.4, -0.2) is 44.3 Å². The number of likely N-dealkylation sites (tertiary alicyclic amines) is 1. The molecule has 0 radical (unpaired) electrons. The van der Waals surface area contributed by atoms with Gasteiger partial charge in [0.2, 0.25) is 0 Å². The molecule has 4 heteroatoms. The Morgan fingerprint density at radius 3 is 2.45 bits per heavy atom. The third-order valence-electron chi connectivity index (χ3n) is 4.15. The summed E-state index contributed by atoms with van der Waals surface area (Å²) in [5.41, 5.74) is 5.67. The van der Waals surface area contributed by atoms with Gasteiger partial charge in [0.05, 0.1) is 6.61 Å². The van der Waals surface area contributed by atoms with Gasteiger partial charge in [0.1, 0.15) is 18.1 Å². The summed E-state index contributed by atoms with van der Waals surface area (Å²) in [6.07, 6.45) is 4.79. The van der Waals surface area contributed by atoms with Crippen molar-refractivity contribution in [3.8, 4) is 11.5 Å². The maximum atomic E-state index is 5.84. The smallest absolute Gasteiger partial charge is 0.119 e. The van der Waals surface area contributed by atoms with E-state index in [0.29, 0.717) is 0 Å². The standard InChI is InChI=1S/C18H30N2O2/c1-2-13-21-17-5-7-18(8-6-17)22-14-12-20-11-3-4-16(15-20)9-10-19/h5-8,16H,2-4,9-15,19H2,1H3. The Balaban J connectivity index is 1.67. The molecule has 1 aliphatic rings. The van der Waals surface area contributed by atoms with Crippen molar-refractivity contribution in [1.29, 1.82) is 0 Å². The van der Waals surface area contributed by atoms with Crippen molar-refractivity contribution in [2.45, 2.75) is 32.6 Å². The number of rotatable bonds is 9. The van der Waals surface area contributed by atoms with E-state index >= 15 is 0 Å². The second-order valence-corrected chi connectivity index (χ2v) is 6.05. The summed E-state index contributed by atoms with van der Waals surface area (Å²) in [6, 6.07) is 7.92. The van der Waals surface area contributed by atoms with Gasteiger partial charge < -0.3 is 15.2 Å². The predicted molar refractivity (Wildman–Crippen MR) is 90.6 cm³/mol. The Morgan fingerprint density at radius 2 is 1.82 bits per heavy atom. The first kappa shape index (κ1) is 17.1. The summed E-state index contributed by atoms with van der Waals surface area (Å²) < 4.78 is 11.4. The average molecular weight is 306 g/mol. The molecule has 1 heterocycles. The lowest BCUT2D eigenvalue weighted by Crippen LogP contribution is -2.38. The molecule has 4 nitrogen and oxygen atoms in total. The number of hydrogen-bond acceptors (Lipinski definition) is 4. The van der Waals surface area contributed by atoms with E-state index in [0.717, 1.165) is 56.6 Å². The molecule has 0 aromatic heterocycles. The van der Waals surface area contributed by atoms with E-state index in [2.05, 4.69) is 11.8 Å². The van der Waals surface area contributed by atoms with Crippen LogP contribution in [0.5, 0.6) is 11.5 Å². The zero-order valence-electron chi connectivity index (χ0n) is 13.8. The third kappa shape index (κ3) is 5.85. The van der Waals surface area contributed by atoms with Crippen molar-refractivity contribution in [3.63, 3.8) is 0 Å². The lowest BCUT2D eigenvalue weighted by Gasteiger charge is -2.32. The van der Waals surface area contributed by atoms with Gasteiger partial charge in [0.15, 0.2) is 0 Å². The predicted octanol–water partition coefficient (Wildman–Crippen LogP) is 2.92. The van der Waals surface area contributed by atoms with E-state index in [4.69, 9.17) is 15.2 Å². The number of nitrogens with zero attached hydrogens (tertiary/aromatic N) is 1. The first-order valence-corrected chi connectivity index (χ1v) is 8.60. The molecule has 1 aliphatic heterocycles. The van der Waals surface area contributed by atoms with Gasteiger partial charge in [-0.25, -0.2) is 0 Å². The molecule has 0 bridgehead atoms. The van der Waals surface area contributed by atoms with Gasteiger partial charge in [-0.15, -0.1) is 0 Å². The lowest BCUT2D eigenvalue weighted by molar-refractivity contribution is 0.144. The molecule has 0 saturated carbocycles. The van der Waals surface area contributed by atoms with E-state index in [1.54, 1.807) is 0 Å². The monoisotopic (exact) mass is 306 g/mol. The summed E-state index contributed by atoms with van der Waals surface area (Å²) >= 11 is 0. The molecule has 0 spiro atoms. The van der Waals surface area contributed by atoms with Gasteiger partial charge in [-0.1, -0.05) is 6.92 Å². The minimum atomic E-state index is 0.741. The van der Waals surface area contributed by atoms with E-state index in [-0.39, 0.29) is 0 Å². The molecule has 1 unspecified atom stereocenters. The van der Waals surface area contributed by atoms with Crippen LogP contribution in [0, 0.1) is 5.92 Å². The number of benzene rings is 1. The Morgan fingerprint density at radius 1 is 1.14 bits per heavy atom. The molecule has 2 N–H and O–H groups in total. The van der Waals surface area contributed by atoms with Gasteiger partial charge in [-0.05, 0) is 69.0 Å². The normalized spacial score (nSPS) is 19.1. The second kappa shape index (κ2) is 9.70. The van der Waals surface area contributed by atoms with Crippen LogP contribution in [0.25, 0.3) is 0 Å². The molecule has 1 aromatic rings. The van der Waals surface area contributed by atoms with Crippen LogP contribution in [0.15, 0.2) is 24.3 Å². The van der Waals surface area contributed by atoms with Gasteiger partial charge in [0, 0.05) is 13.1 Å². The minimum Gasteiger partial charge on any atom is -0.494 e. The molecular formula is C18H30N2O2. The fraction of sp³-hybridized carbons (Fsp3) is 0.667. The van der Waals surface area contributed by atoms with Crippen molar-refractivity contribution in [3.05, 3.63) is 24.3 Å². The van der Waals surface area contributed by atoms with Crippen LogP contribution in [0.2, 0.25) is 0 Å². The summed E-state index contributed by atoms with van der Waals surface area (Å²) in [4.78, 5) is 2.50. The topological polar surface area (TPSA) is 47.7 Å². The largest absolute Gasteiger partial charge is 0.494 e. The molecule has 1 saturated heterocycles. The van der Waals surface area contributed by atoms with Crippen molar-refractivity contribution in [2.75, 3.05) is 39.4 Å². The molecule has 0 aliphatic carbocycles. The fourth-order valence-electron chi connectivity index (χ4n) is 2.97. The maximum absolute atomic E-state index is 5.84. The number of nitrogens with two attached hydrogens (primary N) is 1. The molecular weight excluding hydrogens is 276 g/mol. The molecule has 1 atom stereocenters. The van der Waals surface area contributed by atoms with E-state index in [1.807, 2.05) is 24.3 Å². The molecule has 124 valence electrons. The Hall–Kier alpha value is -1.26. The number of hydrogen-bond donors (Lipinski definition) is 1. The molecule has 2 rings (SSSR count). The first-order chi connectivity index (χ1) is 10.8. The molecule has 1 fully saturated rings. The van der Waals surface area contributed by atoms with Gasteiger partial charge >= 0.3 is 0 Å². The Labute approximate surface area is 134 Å². The van der Waals surface area contributed by atoms with Crippen LogP contribution in [0.3, 0.4) is 0 Å². The third-order valence-corrected chi connectivity index (χ3v) is 4.15. The van der Waals surface area contributed by atoms with Crippen LogP contribution >= 0.6 is 0 Å². The zero-order valence-corrected chi connectivity index (χ0v) is 13.8. The highest BCUT2D eigenvalue weighted by Gasteiger charge is 2.18. The summed E-state index contributed by atoms with van der Waals surface area (Å²) in [7, 11) is 0. The molecule has 22 heavy (non-hydrogen) atoms. The Bertz CT molecular complexity index is 406. The number of piperidine rings is 1. The van der Waals surface area contributed by atoms with Crippen molar-refractivity contribution >= 4 is 0 Å². The zero-order chi connectivity index (χ0) is 15.6. The van der Waals surface area contributed by atoms with Crippen molar-refractivity contribution < 1.29 is 9.47 Å². The van der Waals surface area contributed by atoms with E-state index < -0.39 is 0 Å². The summed E-state index contributed by atoms with van der Waals surface area (Å²) in [5.74, 6) is 2.60. The molecule has 1 aromatic carbocycles. The van der Waals surface area contributed by atoms with Gasteiger partial charge in [-0.3, -0.25) is 4.90 Å². The lowest BCUT2D eigenvalue weighted by atomic mass is 9.95. The van der Waals surface area contributed by atoms with Crippen LogP contribution in [-0.2, 0) is 0 Å². The van der Waals surface area contributed by atoms with E-state index in [9.17, 15) is 0 Å². The highest BCUT2D eigenvalue weighted by molar-refractivity contribution is 5.31.